The van der Waals surface area contributed by atoms with E-state index in [-0.39, 0.29) is 85.8 Å². The minimum Gasteiger partial charge on any atom is -0.462 e. The number of hydrogen-bond donors (Lipinski definition) is 8. The van der Waals surface area contributed by atoms with Crippen molar-refractivity contribution in [1.29, 1.82) is 0 Å². The third-order valence-corrected chi connectivity index (χ3v) is 25.6. The van der Waals surface area contributed by atoms with Crippen LogP contribution >= 0.6 is 0 Å². The lowest BCUT2D eigenvalue weighted by molar-refractivity contribution is -0.300. The monoisotopic (exact) mass is 1580 g/mol. The Bertz CT molecular complexity index is 3460. The van der Waals surface area contributed by atoms with Gasteiger partial charge in [0.05, 0.1) is 86.3 Å². The Labute approximate surface area is 667 Å². The Morgan fingerprint density at radius 2 is 0.929 bits per heavy atom. The summed E-state index contributed by atoms with van der Waals surface area (Å²) in [5, 5.41) is 60.1. The van der Waals surface area contributed by atoms with Crippen LogP contribution in [0.4, 0.5) is 9.59 Å². The number of allylic oxidation sites excluding steroid dienone is 4. The molecule has 4 amide bonds. The number of rotatable bonds is 16. The van der Waals surface area contributed by atoms with Crippen LogP contribution in [0.2, 0.25) is 0 Å². The van der Waals surface area contributed by atoms with E-state index >= 15 is 0 Å². The maximum Gasteiger partial charge on any atom is 0.316 e. The molecule has 0 saturated carbocycles. The van der Waals surface area contributed by atoms with E-state index in [1.54, 1.807) is 52.4 Å². The summed E-state index contributed by atoms with van der Waals surface area (Å²) in [6.45, 7) is 28.8. The van der Waals surface area contributed by atoms with Crippen LogP contribution in [0.1, 0.15) is 168 Å². The molecule has 10 aliphatic heterocycles. The lowest BCUT2D eigenvalue weighted by Crippen LogP contribution is -2.59. The first-order chi connectivity index (χ1) is 53.8. The zero-order valence-corrected chi connectivity index (χ0v) is 69.0. The SMILES string of the molecule is CO[C@H]1C[C@H](O[C@@H]2/C(C)=C/C[C@@H]3C[C@@H](C[C@]4(C=C[C@H](C)[C@@H](C(C)C)O4)O3)OC(=O)[C@@H]3C=C(C)[C@@H](O)[C@H]4OC/C(=C\C=C\[C@@H]2C)[C@]43O)O[C@@H](C)[C@@H]1NC(=O)NCCCCCNC(=O)N[C@H]1[C@H](C)O[C@@H](O[C@@H]2/C(C)=C/C[C@@H]3C[C@@H](C[C@]4(C=C[C@H](C)[C@@H](C(C)C)O4)O3)OC(=O)[C@@H]3C=C(C)[C@@H](O)[C@H]4OC/C(=C\C=C\[C@@H]2C)[C@]43O)C[C@@H]1OC. The molecule has 628 valence electrons. The molecule has 0 aromatic rings. The van der Waals surface area contributed by atoms with Gasteiger partial charge < -0.3 is 108 Å². The number of aliphatic hydroxyl groups is 4. The summed E-state index contributed by atoms with van der Waals surface area (Å²) in [4.78, 5) is 56.2. The van der Waals surface area contributed by atoms with Crippen molar-refractivity contribution in [1.82, 2.24) is 21.3 Å². The lowest BCUT2D eigenvalue weighted by atomic mass is 9.71. The fourth-order valence-electron chi connectivity index (χ4n) is 19.2. The fourth-order valence-corrected chi connectivity index (χ4v) is 19.2. The highest BCUT2D eigenvalue weighted by Gasteiger charge is 2.62. The van der Waals surface area contributed by atoms with E-state index in [4.69, 9.17) is 66.3 Å². The second-order valence-electron chi connectivity index (χ2n) is 34.8. The Morgan fingerprint density at radius 3 is 1.31 bits per heavy atom. The molecule has 10 heterocycles. The number of ether oxygens (including phenoxy) is 14. The van der Waals surface area contributed by atoms with Crippen LogP contribution in [0.15, 0.2) is 119 Å². The molecule has 0 aromatic carbocycles. The molecule has 30 atom stereocenters. The van der Waals surface area contributed by atoms with Crippen molar-refractivity contribution in [3.63, 3.8) is 0 Å². The van der Waals surface area contributed by atoms with Gasteiger partial charge in [-0.3, -0.25) is 9.59 Å². The lowest BCUT2D eigenvalue weighted by Gasteiger charge is -2.48. The Hall–Kier alpha value is -5.76. The van der Waals surface area contributed by atoms with Crippen molar-refractivity contribution in [2.45, 2.75) is 313 Å². The number of carbonyl (C=O) groups excluding carboxylic acids is 4. The highest BCUT2D eigenvalue weighted by Crippen LogP contribution is 2.50. The first-order valence-corrected chi connectivity index (χ1v) is 41.5. The normalized spacial score (nSPS) is 45.3. The second kappa shape index (κ2) is 36.6. The zero-order valence-electron chi connectivity index (χ0n) is 69.0. The van der Waals surface area contributed by atoms with E-state index in [9.17, 15) is 39.6 Å². The van der Waals surface area contributed by atoms with Crippen LogP contribution in [0.5, 0.6) is 0 Å². The molecule has 26 nitrogen and oxygen atoms in total. The molecule has 0 unspecified atom stereocenters. The highest BCUT2D eigenvalue weighted by atomic mass is 16.7. The third-order valence-electron chi connectivity index (χ3n) is 25.6. The standard InChI is InChI=1S/C87H128N4O22/c1-46(2)74-52(9)30-32-84(112-74)42-62-38-60(110-84)28-26-50(7)76(48(5)22-20-24-58-44-102-78-72(92)54(11)36-64(80(94)106-62)86(58,78)98)108-68-40-66(100-15)70(56(13)104-68)90-82(96)88-34-18-17-19-35-89-83(97)91-71-57(14)105-69(41-67(71)101-16)109-77-49(6)23-21-25-59-45-103-79-73(93)55(12)37-65(87(59,79)99)81(95)107-63-39-61(29-27-51(77)8)111-85(43-63)33-31-53(10)75(113-85)47(3)4/h20-27,30-33,36-37,46-49,52-53,56-57,60-79,92-93,98-99H,17-19,28-29,34-35,38-45H2,1-16H3,(H2,88,90,96)(H2,89,91,97)/b22-20+,23-21+,50-26+,51-27+,58-24+,59-25+/t48-,49-,52-,53-,56-,57-,60+,61+,62-,63-,64-,65-,66-,67-,68-,69-,70-,71-,72+,73+,74+,75+,76-,77-,78+,79+,84+,85+,86+,87+/m0/s1. The van der Waals surface area contributed by atoms with Gasteiger partial charge in [0.1, 0.15) is 59.7 Å². The van der Waals surface area contributed by atoms with Gasteiger partial charge in [0.25, 0.3) is 0 Å². The molecule has 6 fully saturated rings. The molecule has 6 saturated heterocycles. The van der Waals surface area contributed by atoms with Crippen LogP contribution in [0.25, 0.3) is 0 Å². The van der Waals surface area contributed by atoms with Gasteiger partial charge in [0, 0.05) is 89.5 Å². The number of amides is 4. The van der Waals surface area contributed by atoms with Gasteiger partial charge in [0.15, 0.2) is 24.2 Å². The number of carbonyl (C=O) groups is 4. The molecule has 12 rings (SSSR count). The van der Waals surface area contributed by atoms with Gasteiger partial charge in [-0.2, -0.15) is 0 Å². The summed E-state index contributed by atoms with van der Waals surface area (Å²) in [5.74, 6) is -5.77. The van der Waals surface area contributed by atoms with E-state index in [0.29, 0.717) is 93.2 Å². The predicted molar refractivity (Wildman–Crippen MR) is 419 cm³/mol. The molecule has 2 aliphatic carbocycles. The maximum atomic E-state index is 14.5. The summed E-state index contributed by atoms with van der Waals surface area (Å²) in [7, 11) is 3.21. The number of hydrogen-bond acceptors (Lipinski definition) is 22. The fraction of sp³-hybridized carbons (Fsp3) is 0.724. The van der Waals surface area contributed by atoms with E-state index in [1.807, 2.05) is 78.0 Å². The summed E-state index contributed by atoms with van der Waals surface area (Å²) in [5.41, 5.74) is -0.0487. The molecule has 12 aliphatic rings. The average molecular weight is 1580 g/mol. The maximum absolute atomic E-state index is 14.5. The molecule has 2 spiro atoms. The smallest absolute Gasteiger partial charge is 0.316 e. The summed E-state index contributed by atoms with van der Waals surface area (Å²) < 4.78 is 91.8. The molecule has 8 N–H and O–H groups in total. The minimum atomic E-state index is -1.88. The second-order valence-corrected chi connectivity index (χ2v) is 34.8. The van der Waals surface area contributed by atoms with Crippen molar-refractivity contribution in [3.8, 4) is 0 Å². The van der Waals surface area contributed by atoms with Gasteiger partial charge in [-0.15, -0.1) is 0 Å². The van der Waals surface area contributed by atoms with Crippen LogP contribution in [-0.4, -0.2) is 230 Å². The highest BCUT2D eigenvalue weighted by molar-refractivity contribution is 5.80. The molecule has 4 bridgehead atoms. The van der Waals surface area contributed by atoms with Crippen molar-refractivity contribution in [2.75, 3.05) is 40.5 Å². The van der Waals surface area contributed by atoms with E-state index in [1.165, 1.54) is 0 Å². The van der Waals surface area contributed by atoms with Crippen molar-refractivity contribution < 1.29 is 106 Å². The topological polar surface area (TPSA) is 327 Å². The molecular weight excluding hydrogens is 1450 g/mol. The summed E-state index contributed by atoms with van der Waals surface area (Å²) >= 11 is 0. The largest absolute Gasteiger partial charge is 0.462 e. The average Bonchev–Trinajstić information content (AvgIpc) is 1.62. The van der Waals surface area contributed by atoms with E-state index in [2.05, 4.69) is 87.1 Å². The molecule has 0 aromatic heterocycles. The minimum absolute atomic E-state index is 0.00701. The van der Waals surface area contributed by atoms with Gasteiger partial charge in [-0.05, 0) is 131 Å². The van der Waals surface area contributed by atoms with Crippen LogP contribution in [-0.2, 0) is 75.9 Å². The van der Waals surface area contributed by atoms with Crippen molar-refractivity contribution in [2.24, 2.45) is 47.3 Å². The van der Waals surface area contributed by atoms with Gasteiger partial charge in [-0.1, -0.05) is 128 Å². The zero-order chi connectivity index (χ0) is 81.2. The quantitative estimate of drug-likeness (QED) is 0.0405. The third kappa shape index (κ3) is 19.0. The number of aliphatic hydroxyl groups excluding tert-OH is 2. The first kappa shape index (κ1) is 86.6. The number of urea groups is 2. The van der Waals surface area contributed by atoms with E-state index < -0.39 is 157 Å². The molecule has 0 radical (unpaired) electrons. The van der Waals surface area contributed by atoms with Gasteiger partial charge in [-0.25, -0.2) is 9.59 Å². The van der Waals surface area contributed by atoms with Gasteiger partial charge in [0.2, 0.25) is 0 Å². The number of unbranched alkanes of at least 4 members (excludes halogenated alkanes) is 2. The van der Waals surface area contributed by atoms with Crippen LogP contribution in [0.3, 0.4) is 0 Å². The number of nitrogens with one attached hydrogen (secondary N) is 4. The first-order valence-electron chi connectivity index (χ1n) is 41.5. The number of esters is 2. The number of methoxy groups -OCH3 is 2. The Morgan fingerprint density at radius 1 is 0.531 bits per heavy atom. The van der Waals surface area contributed by atoms with E-state index in [0.717, 1.165) is 11.1 Å². The summed E-state index contributed by atoms with van der Waals surface area (Å²) in [6.07, 6.45) is 20.0. The van der Waals surface area contributed by atoms with Crippen LogP contribution in [0, 0.1) is 47.3 Å². The van der Waals surface area contributed by atoms with Crippen molar-refractivity contribution in [3.05, 3.63) is 119 Å². The Balaban J connectivity index is 0.626. The number of fused-ring (bicyclic) bond motifs is 4. The molecular formula is C87H128N4O22. The van der Waals surface area contributed by atoms with Gasteiger partial charge >= 0.3 is 24.0 Å². The molecule has 26 heteroatoms. The predicted octanol–water partition coefficient (Wildman–Crippen LogP) is 9.70. The Kier molecular flexibility index (Phi) is 28.1. The summed E-state index contributed by atoms with van der Waals surface area (Å²) in [6, 6.07) is -1.78. The van der Waals surface area contributed by atoms with Crippen LogP contribution < -0.4 is 21.3 Å². The molecule has 113 heavy (non-hydrogen) atoms. The van der Waals surface area contributed by atoms with Crippen molar-refractivity contribution >= 4 is 24.0 Å².